The first kappa shape index (κ1) is 69.7. The molecule has 5 fully saturated rings. The van der Waals surface area contributed by atoms with Gasteiger partial charge in [-0.2, -0.15) is 0 Å². The Labute approximate surface area is 575 Å². The SMILES string of the molecule is Cc1cc(F)c(Nc2nc(-c3ccc4c(c3)N([C@H]3C[C@@H](N5CCCCC5)C3)C(=O)C43CCN(C(=O)CN4CCC(CCCCC(=O)NC(C(=O)N5C[C@H](O)C[C@H]5NN[C@@H](C)c5ccc(-c6scnc6C)cc5)C(C)(C)C)CC4)CC3)cc3ncn(C(C)C)c23)cc1C(=O)NC(C)C. The van der Waals surface area contributed by atoms with Gasteiger partial charge < -0.3 is 45.2 Å². The normalized spacial score (nSPS) is 21.6. The number of imidazole rings is 1. The van der Waals surface area contributed by atoms with E-state index in [1.54, 1.807) is 35.6 Å². The van der Waals surface area contributed by atoms with Crippen molar-refractivity contribution in [2.24, 2.45) is 11.3 Å². The van der Waals surface area contributed by atoms with Crippen LogP contribution in [0, 0.1) is 31.0 Å². The molecule has 4 atom stereocenters. The molecule has 1 spiro atoms. The lowest BCUT2D eigenvalue weighted by atomic mass is 9.73. The van der Waals surface area contributed by atoms with Gasteiger partial charge in [-0.3, -0.25) is 28.9 Å². The van der Waals surface area contributed by atoms with Crippen molar-refractivity contribution >= 4 is 69.1 Å². The van der Waals surface area contributed by atoms with Gasteiger partial charge in [0.2, 0.25) is 23.6 Å². The Morgan fingerprint density at radius 3 is 2.23 bits per heavy atom. The number of amides is 5. The number of anilines is 3. The van der Waals surface area contributed by atoms with Gasteiger partial charge in [0.15, 0.2) is 5.82 Å². The van der Waals surface area contributed by atoms with E-state index in [1.807, 2.05) is 75.6 Å². The maximum atomic E-state index is 16.0. The second kappa shape index (κ2) is 29.3. The number of pyridine rings is 1. The molecule has 5 aliphatic heterocycles. The Balaban J connectivity index is 0.645. The minimum atomic E-state index is -0.777. The largest absolute Gasteiger partial charge is 0.391 e. The minimum Gasteiger partial charge on any atom is -0.391 e. The number of halogens is 1. The van der Waals surface area contributed by atoms with E-state index in [9.17, 15) is 24.3 Å². The third-order valence-corrected chi connectivity index (χ3v) is 22.5. The highest BCUT2D eigenvalue weighted by molar-refractivity contribution is 7.13. The average molecular weight is 1350 g/mol. The van der Waals surface area contributed by atoms with Crippen LogP contribution in [0.2, 0.25) is 0 Å². The fourth-order valence-electron chi connectivity index (χ4n) is 15.7. The third kappa shape index (κ3) is 15.1. The predicted molar refractivity (Wildman–Crippen MR) is 380 cm³/mol. The molecule has 12 rings (SSSR count). The Hall–Kier alpha value is -7.21. The first-order valence-corrected chi connectivity index (χ1v) is 36.6. The number of aliphatic hydroxyl groups excluding tert-OH is 1. The van der Waals surface area contributed by atoms with Crippen molar-refractivity contribution in [3.63, 3.8) is 0 Å². The summed E-state index contributed by atoms with van der Waals surface area (Å²) in [5.41, 5.74) is 16.1. The summed E-state index contributed by atoms with van der Waals surface area (Å²) < 4.78 is 18.0. The number of piperidine rings is 3. The fraction of sp³-hybridized carbons (Fsp3) is 0.573. The summed E-state index contributed by atoms with van der Waals surface area (Å²) in [4.78, 5) is 97.1. The average Bonchev–Trinajstić information content (AvgIpc) is 1.56. The van der Waals surface area contributed by atoms with E-state index in [-0.39, 0.29) is 65.9 Å². The van der Waals surface area contributed by atoms with Crippen LogP contribution >= 0.6 is 11.3 Å². The van der Waals surface area contributed by atoms with Crippen LogP contribution < -0.4 is 31.7 Å². The van der Waals surface area contributed by atoms with Crippen molar-refractivity contribution in [2.75, 3.05) is 62.6 Å². The van der Waals surface area contributed by atoms with E-state index in [2.05, 4.69) is 96.7 Å². The van der Waals surface area contributed by atoms with Crippen LogP contribution in [0.15, 0.2) is 72.5 Å². The number of benzene rings is 3. The van der Waals surface area contributed by atoms with E-state index in [1.165, 1.54) is 25.3 Å². The van der Waals surface area contributed by atoms with Crippen molar-refractivity contribution in [3.8, 4) is 21.7 Å². The molecule has 1 saturated carbocycles. The minimum absolute atomic E-state index is 0.0131. The number of hydrogen-bond acceptors (Lipinski definition) is 15. The molecule has 5 amide bonds. The smallest absolute Gasteiger partial charge is 0.251 e. The summed E-state index contributed by atoms with van der Waals surface area (Å²) in [6.45, 7) is 24.9. The number of unbranched alkanes of at least 4 members (excludes halogenated alkanes) is 1. The van der Waals surface area contributed by atoms with Crippen LogP contribution in [0.1, 0.15) is 190 Å². The summed E-state index contributed by atoms with van der Waals surface area (Å²) >= 11 is 1.62. The highest BCUT2D eigenvalue weighted by Crippen LogP contribution is 2.52. The number of rotatable bonds is 22. The quantitative estimate of drug-likeness (QED) is 0.0275. The first-order valence-electron chi connectivity index (χ1n) is 35.7. The fourth-order valence-corrected chi connectivity index (χ4v) is 16.6. The van der Waals surface area contributed by atoms with Gasteiger partial charge >= 0.3 is 0 Å². The number of aliphatic hydroxyl groups is 1. The number of carbonyl (C=O) groups is 5. The second-order valence-electron chi connectivity index (χ2n) is 30.2. The second-order valence-corrected chi connectivity index (χ2v) is 31.1. The van der Waals surface area contributed by atoms with Gasteiger partial charge in [-0.15, -0.1) is 11.3 Å². The Morgan fingerprint density at radius 2 is 1.55 bits per heavy atom. The van der Waals surface area contributed by atoms with Crippen LogP contribution in [0.25, 0.3) is 32.7 Å². The third-order valence-electron chi connectivity index (χ3n) is 21.6. The van der Waals surface area contributed by atoms with Gasteiger partial charge in [-0.25, -0.2) is 30.2 Å². The Morgan fingerprint density at radius 1 is 0.825 bits per heavy atom. The zero-order valence-corrected chi connectivity index (χ0v) is 59.3. The molecule has 8 heterocycles. The number of aryl methyl sites for hydroxylation is 2. The molecule has 6 aromatic rings. The molecule has 1 unspecified atom stereocenters. The van der Waals surface area contributed by atoms with E-state index in [0.717, 1.165) is 103 Å². The molecule has 0 bridgehead atoms. The number of carbonyl (C=O) groups excluding carboxylic acids is 5. The molecule has 6 aliphatic rings. The predicted octanol–water partition coefficient (Wildman–Crippen LogP) is 11.2. The molecular weight excluding hydrogens is 1240 g/mol. The molecule has 520 valence electrons. The number of nitrogens with zero attached hydrogens (tertiary/aromatic N) is 9. The zero-order valence-electron chi connectivity index (χ0n) is 58.5. The lowest BCUT2D eigenvalue weighted by Crippen LogP contribution is -2.59. The maximum Gasteiger partial charge on any atom is 0.251 e. The molecule has 97 heavy (non-hydrogen) atoms. The molecule has 4 saturated heterocycles. The molecule has 3 aromatic carbocycles. The van der Waals surface area contributed by atoms with E-state index < -0.39 is 35.0 Å². The van der Waals surface area contributed by atoms with Crippen LogP contribution in [-0.4, -0.2) is 163 Å². The lowest BCUT2D eigenvalue weighted by Gasteiger charge is -2.48. The monoisotopic (exact) mass is 1340 g/mol. The van der Waals surface area contributed by atoms with Crippen molar-refractivity contribution in [1.82, 2.24) is 60.6 Å². The van der Waals surface area contributed by atoms with Crippen molar-refractivity contribution in [1.29, 1.82) is 0 Å². The topological polar surface area (TPSA) is 226 Å². The van der Waals surface area contributed by atoms with Crippen molar-refractivity contribution in [3.05, 3.63) is 106 Å². The zero-order chi connectivity index (χ0) is 68.6. The number of nitrogens with one attached hydrogen (secondary N) is 5. The number of hydrogen-bond donors (Lipinski definition) is 6. The Bertz CT molecular complexity index is 3840. The lowest BCUT2D eigenvalue weighted by molar-refractivity contribution is -0.141. The van der Waals surface area contributed by atoms with Gasteiger partial charge in [0, 0.05) is 79.5 Å². The van der Waals surface area contributed by atoms with Gasteiger partial charge in [-0.1, -0.05) is 76.4 Å². The van der Waals surface area contributed by atoms with Gasteiger partial charge in [-0.05, 0) is 190 Å². The van der Waals surface area contributed by atoms with Crippen LogP contribution in [0.3, 0.4) is 0 Å². The van der Waals surface area contributed by atoms with Crippen LogP contribution in [-0.2, 0) is 24.6 Å². The number of hydrazine groups is 1. The summed E-state index contributed by atoms with van der Waals surface area (Å²) in [5.74, 6) is -0.0728. The summed E-state index contributed by atoms with van der Waals surface area (Å²) in [7, 11) is 0. The molecule has 6 N–H and O–H groups in total. The number of fused-ring (bicyclic) bond motifs is 3. The Kier molecular flexibility index (Phi) is 21.1. The molecule has 20 nitrogen and oxygen atoms in total. The van der Waals surface area contributed by atoms with Crippen LogP contribution in [0.4, 0.5) is 21.6 Å². The standard InChI is InChI=1S/C75H101FN14O6S/c1-45(2)79-71(94)57-39-61(59(76)34-47(57)5)81-70-67-62(77-43-89(67)46(3)4)40-60(80-70)53-22-23-58-63(35-53)90(55-36-54(37-55)86-28-14-11-15-29-86)73(96)75(58)26-32-87(33-27-75)66(93)42-85-30-24-50(25-31-85)16-12-13-17-65(92)82-69(74(8,9)10)72(95)88-41-56(91)38-64(88)84-83-48(6)51-18-20-52(21-19-51)68-49(7)78-44-97-68/h18-23,34-35,39-40,43-46,48,50,54-56,64,69,83-84,91H,11-17,24-33,36-38,41-42H2,1-10H3,(H,79,94)(H,80,81)(H,82,92)/t48-,54-,55+,56+,64-,69?/m0/s1. The van der Waals surface area contributed by atoms with Crippen LogP contribution in [0.5, 0.6) is 0 Å². The number of β-amino-alcohol motifs (C(OH)–C–C–N with tert-alkyl or cyclic N) is 1. The van der Waals surface area contributed by atoms with E-state index in [4.69, 9.17) is 9.97 Å². The summed E-state index contributed by atoms with van der Waals surface area (Å²) in [6.07, 6.45) is 12.4. The highest BCUT2D eigenvalue weighted by atomic mass is 32.1. The highest BCUT2D eigenvalue weighted by Gasteiger charge is 2.56. The van der Waals surface area contributed by atoms with Crippen molar-refractivity contribution in [2.45, 2.75) is 213 Å². The molecule has 3 aromatic heterocycles. The number of aromatic nitrogens is 4. The van der Waals surface area contributed by atoms with Crippen molar-refractivity contribution < 1.29 is 33.5 Å². The summed E-state index contributed by atoms with van der Waals surface area (Å²) in [5, 5.41) is 20.1. The first-order chi connectivity index (χ1) is 46.4. The molecule has 1 aliphatic carbocycles. The van der Waals surface area contributed by atoms with Gasteiger partial charge in [0.25, 0.3) is 5.91 Å². The molecule has 0 radical (unpaired) electrons. The maximum absolute atomic E-state index is 16.0. The molecular formula is C75H101FN14O6S. The number of likely N-dealkylation sites (tertiary alicyclic amines) is 4. The van der Waals surface area contributed by atoms with E-state index in [0.29, 0.717) is 97.4 Å². The summed E-state index contributed by atoms with van der Waals surface area (Å²) in [6, 6.07) is 19.0. The van der Waals surface area contributed by atoms with Gasteiger partial charge in [0.1, 0.15) is 17.4 Å². The number of thiazole rings is 1. The van der Waals surface area contributed by atoms with Gasteiger partial charge in [0.05, 0.1) is 63.5 Å². The van der Waals surface area contributed by atoms with E-state index >= 15 is 9.18 Å². The molecule has 22 heteroatoms.